The molecule has 0 atom stereocenters. The fraction of sp³-hybridized carbons (Fsp3) is 0.500. The molecule has 1 aliphatic rings. The Hall–Kier alpha value is -1.97. The molecule has 3 rings (SSSR count). The number of hydrogen-bond donors (Lipinski definition) is 1. The molecular weight excluding hydrogens is 321 g/mol. The lowest BCUT2D eigenvalue weighted by Crippen LogP contribution is -2.48. The number of halogens is 3. The van der Waals surface area contributed by atoms with E-state index in [1.807, 2.05) is 4.90 Å². The fourth-order valence-corrected chi connectivity index (χ4v) is 3.40. The van der Waals surface area contributed by atoms with Crippen molar-refractivity contribution in [2.24, 2.45) is 0 Å². The molecule has 0 saturated carbocycles. The van der Waals surface area contributed by atoms with Crippen LogP contribution in [0.4, 0.5) is 23.8 Å². The number of fused-ring (bicyclic) bond motifs is 1. The van der Waals surface area contributed by atoms with Gasteiger partial charge in [0, 0.05) is 26.2 Å². The molecule has 0 radical (unpaired) electrons. The van der Waals surface area contributed by atoms with Crippen molar-refractivity contribution in [2.75, 3.05) is 31.1 Å². The second kappa shape index (κ2) is 5.34. The smallest absolute Gasteiger partial charge is 0.408 e. The predicted octanol–water partition coefficient (Wildman–Crippen LogP) is 2.46. The fourth-order valence-electron chi connectivity index (χ4n) is 2.49. The van der Waals surface area contributed by atoms with Crippen molar-refractivity contribution in [3.05, 3.63) is 11.4 Å². The maximum atomic E-state index is 12.6. The summed E-state index contributed by atoms with van der Waals surface area (Å²) < 4.78 is 39.5. The third kappa shape index (κ3) is 2.82. The van der Waals surface area contributed by atoms with Gasteiger partial charge < -0.3 is 14.9 Å². The largest absolute Gasteiger partial charge is 0.465 e. The van der Waals surface area contributed by atoms with Crippen LogP contribution in [0.15, 0.2) is 11.4 Å². The van der Waals surface area contributed by atoms with Gasteiger partial charge in [-0.2, -0.15) is 18.3 Å². The SMILES string of the molecule is O=C(O)N1CCN(c2nn(CC(F)(F)F)c3ccsc23)CC1. The number of carboxylic acid groups (broad SMARTS) is 1. The van der Waals surface area contributed by atoms with E-state index in [4.69, 9.17) is 5.11 Å². The van der Waals surface area contributed by atoms with Crippen LogP contribution in [0.2, 0.25) is 0 Å². The Balaban J connectivity index is 1.86. The first-order valence-electron chi connectivity index (χ1n) is 6.59. The van der Waals surface area contributed by atoms with E-state index in [0.717, 1.165) is 4.68 Å². The molecule has 2 aromatic rings. The van der Waals surface area contributed by atoms with Gasteiger partial charge in [-0.25, -0.2) is 4.79 Å². The molecule has 0 aromatic carbocycles. The number of anilines is 1. The lowest BCUT2D eigenvalue weighted by molar-refractivity contribution is -0.141. The number of hydrogen-bond acceptors (Lipinski definition) is 4. The molecule has 6 nitrogen and oxygen atoms in total. The lowest BCUT2D eigenvalue weighted by Gasteiger charge is -2.33. The molecule has 0 spiro atoms. The summed E-state index contributed by atoms with van der Waals surface area (Å²) >= 11 is 1.34. The molecule has 1 N–H and O–H groups in total. The third-order valence-electron chi connectivity index (χ3n) is 3.52. The monoisotopic (exact) mass is 334 g/mol. The highest BCUT2D eigenvalue weighted by atomic mass is 32.1. The molecule has 0 unspecified atom stereocenters. The van der Waals surface area contributed by atoms with Gasteiger partial charge in [-0.15, -0.1) is 11.3 Å². The first-order chi connectivity index (χ1) is 10.3. The van der Waals surface area contributed by atoms with Crippen molar-refractivity contribution < 1.29 is 23.1 Å². The molecule has 1 fully saturated rings. The van der Waals surface area contributed by atoms with E-state index >= 15 is 0 Å². The van der Waals surface area contributed by atoms with Gasteiger partial charge in [0.1, 0.15) is 6.54 Å². The van der Waals surface area contributed by atoms with Gasteiger partial charge in [-0.05, 0) is 11.4 Å². The highest BCUT2D eigenvalue weighted by molar-refractivity contribution is 7.17. The average Bonchev–Trinajstić information content (AvgIpc) is 3.01. The summed E-state index contributed by atoms with van der Waals surface area (Å²) in [7, 11) is 0. The van der Waals surface area contributed by atoms with E-state index in [2.05, 4.69) is 5.10 Å². The molecule has 120 valence electrons. The Kier molecular flexibility index (Phi) is 3.63. The van der Waals surface area contributed by atoms with E-state index in [9.17, 15) is 18.0 Å². The van der Waals surface area contributed by atoms with Gasteiger partial charge in [0.25, 0.3) is 0 Å². The molecular formula is C12H13F3N4O2S. The van der Waals surface area contributed by atoms with E-state index in [0.29, 0.717) is 42.2 Å². The summed E-state index contributed by atoms with van der Waals surface area (Å²) in [5.41, 5.74) is 0.456. The Morgan fingerprint density at radius 3 is 2.59 bits per heavy atom. The first kappa shape index (κ1) is 14.9. The highest BCUT2D eigenvalue weighted by Gasteiger charge is 2.31. The zero-order valence-electron chi connectivity index (χ0n) is 11.4. The van der Waals surface area contributed by atoms with Gasteiger partial charge in [-0.1, -0.05) is 0 Å². The van der Waals surface area contributed by atoms with E-state index in [-0.39, 0.29) is 0 Å². The van der Waals surface area contributed by atoms with Crippen LogP contribution in [0.3, 0.4) is 0 Å². The maximum absolute atomic E-state index is 12.6. The van der Waals surface area contributed by atoms with Crippen molar-refractivity contribution in [1.82, 2.24) is 14.7 Å². The summed E-state index contributed by atoms with van der Waals surface area (Å²) in [4.78, 5) is 14.0. The average molecular weight is 334 g/mol. The van der Waals surface area contributed by atoms with Crippen LogP contribution in [-0.4, -0.2) is 58.2 Å². The second-order valence-electron chi connectivity index (χ2n) is 4.99. The van der Waals surface area contributed by atoms with Crippen LogP contribution in [-0.2, 0) is 6.54 Å². The van der Waals surface area contributed by atoms with Crippen molar-refractivity contribution in [2.45, 2.75) is 12.7 Å². The third-order valence-corrected chi connectivity index (χ3v) is 4.42. The summed E-state index contributed by atoms with van der Waals surface area (Å²) in [6.07, 6.45) is -5.32. The number of aromatic nitrogens is 2. The summed E-state index contributed by atoms with van der Waals surface area (Å²) in [6.45, 7) is 0.336. The van der Waals surface area contributed by atoms with Gasteiger partial charge in [-0.3, -0.25) is 4.68 Å². The van der Waals surface area contributed by atoms with Crippen LogP contribution in [0, 0.1) is 0 Å². The van der Waals surface area contributed by atoms with Crippen LogP contribution in [0.25, 0.3) is 10.2 Å². The molecule has 1 aliphatic heterocycles. The Bertz CT molecular complexity index is 688. The van der Waals surface area contributed by atoms with Gasteiger partial charge >= 0.3 is 12.3 Å². The van der Waals surface area contributed by atoms with E-state index in [1.54, 1.807) is 11.4 Å². The molecule has 3 heterocycles. The highest BCUT2D eigenvalue weighted by Crippen LogP contribution is 2.33. The minimum absolute atomic E-state index is 0.314. The number of nitrogens with zero attached hydrogens (tertiary/aromatic N) is 4. The van der Waals surface area contributed by atoms with E-state index in [1.165, 1.54) is 16.2 Å². The minimum Gasteiger partial charge on any atom is -0.465 e. The van der Waals surface area contributed by atoms with Crippen LogP contribution < -0.4 is 4.90 Å². The second-order valence-corrected chi connectivity index (χ2v) is 5.90. The van der Waals surface area contributed by atoms with Gasteiger partial charge in [0.2, 0.25) is 0 Å². The maximum Gasteiger partial charge on any atom is 0.408 e. The molecule has 10 heteroatoms. The Labute approximate surface area is 127 Å². The quantitative estimate of drug-likeness (QED) is 0.916. The van der Waals surface area contributed by atoms with Gasteiger partial charge in [0.05, 0.1) is 10.2 Å². The molecule has 0 bridgehead atoms. The zero-order valence-corrected chi connectivity index (χ0v) is 12.2. The minimum atomic E-state index is -4.33. The lowest BCUT2D eigenvalue weighted by atomic mass is 10.3. The molecule has 0 aliphatic carbocycles. The number of alkyl halides is 3. The topological polar surface area (TPSA) is 61.6 Å². The standard InChI is InChI=1S/C12H13F3N4O2S/c13-12(14,15)7-19-8-1-6-22-9(8)10(16-19)17-2-4-18(5-3-17)11(20)21/h1,6H,2-5,7H2,(H,20,21). The Morgan fingerprint density at radius 2 is 2.00 bits per heavy atom. The van der Waals surface area contributed by atoms with Crippen molar-refractivity contribution in [3.63, 3.8) is 0 Å². The van der Waals surface area contributed by atoms with Crippen molar-refractivity contribution in [1.29, 1.82) is 0 Å². The van der Waals surface area contributed by atoms with Crippen molar-refractivity contribution in [3.8, 4) is 0 Å². The number of rotatable bonds is 2. The molecule has 2 aromatic heterocycles. The van der Waals surface area contributed by atoms with Crippen LogP contribution in [0.1, 0.15) is 0 Å². The normalized spacial score (nSPS) is 16.5. The summed E-state index contributed by atoms with van der Waals surface area (Å²) in [5, 5.41) is 14.8. The van der Waals surface area contributed by atoms with Crippen molar-refractivity contribution >= 4 is 33.5 Å². The van der Waals surface area contributed by atoms with Crippen LogP contribution in [0.5, 0.6) is 0 Å². The molecule has 1 saturated heterocycles. The molecule has 1 amide bonds. The number of thiophene rings is 1. The van der Waals surface area contributed by atoms with Crippen LogP contribution >= 0.6 is 11.3 Å². The zero-order chi connectivity index (χ0) is 15.9. The predicted molar refractivity (Wildman–Crippen MR) is 75.5 cm³/mol. The van der Waals surface area contributed by atoms with E-state index < -0.39 is 18.8 Å². The summed E-state index contributed by atoms with van der Waals surface area (Å²) in [5.74, 6) is 0.499. The van der Waals surface area contributed by atoms with Gasteiger partial charge in [0.15, 0.2) is 5.82 Å². The number of amides is 1. The first-order valence-corrected chi connectivity index (χ1v) is 7.47. The molecule has 22 heavy (non-hydrogen) atoms. The number of piperazine rings is 1. The number of carbonyl (C=O) groups is 1. The summed E-state index contributed by atoms with van der Waals surface area (Å²) in [6, 6.07) is 1.62. The Morgan fingerprint density at radius 1 is 1.32 bits per heavy atom.